The number of hydrogen-bond acceptors (Lipinski definition) is 4. The van der Waals surface area contributed by atoms with Gasteiger partial charge < -0.3 is 10.5 Å². The number of rotatable bonds is 6. The standard InChI is InChI=1S/C9H20N2O3S/c1-11(9-4-6-14-8-9)15(12,13)7-3-2-5-10/h9H,2-8,10H2,1H3. The highest BCUT2D eigenvalue weighted by Gasteiger charge is 2.28. The van der Waals surface area contributed by atoms with E-state index >= 15 is 0 Å². The summed E-state index contributed by atoms with van der Waals surface area (Å²) in [5.74, 6) is 0.192. The second-order valence-electron chi connectivity index (χ2n) is 3.85. The van der Waals surface area contributed by atoms with Crippen LogP contribution in [0.3, 0.4) is 0 Å². The van der Waals surface area contributed by atoms with Gasteiger partial charge in [-0.25, -0.2) is 8.42 Å². The molecule has 2 N–H and O–H groups in total. The Morgan fingerprint density at radius 3 is 2.73 bits per heavy atom. The van der Waals surface area contributed by atoms with Gasteiger partial charge in [-0.2, -0.15) is 4.31 Å². The molecule has 5 nitrogen and oxygen atoms in total. The van der Waals surface area contributed by atoms with Crippen LogP contribution in [-0.2, 0) is 14.8 Å². The van der Waals surface area contributed by atoms with Crippen LogP contribution in [0.5, 0.6) is 0 Å². The third kappa shape index (κ3) is 3.71. The van der Waals surface area contributed by atoms with Gasteiger partial charge in [-0.1, -0.05) is 0 Å². The number of nitrogens with two attached hydrogens (primary N) is 1. The highest BCUT2D eigenvalue weighted by atomic mass is 32.2. The molecule has 0 aliphatic carbocycles. The van der Waals surface area contributed by atoms with E-state index in [-0.39, 0.29) is 11.8 Å². The lowest BCUT2D eigenvalue weighted by atomic mass is 10.3. The molecule has 0 aromatic rings. The van der Waals surface area contributed by atoms with Crippen molar-refractivity contribution in [2.45, 2.75) is 25.3 Å². The van der Waals surface area contributed by atoms with E-state index in [0.717, 1.165) is 12.8 Å². The monoisotopic (exact) mass is 236 g/mol. The molecule has 6 heteroatoms. The van der Waals surface area contributed by atoms with Crippen LogP contribution in [-0.4, -0.2) is 51.3 Å². The third-order valence-electron chi connectivity index (χ3n) is 2.72. The Kier molecular flexibility index (Phi) is 4.98. The van der Waals surface area contributed by atoms with Crippen LogP contribution in [0.1, 0.15) is 19.3 Å². The molecular formula is C9H20N2O3S. The SMILES string of the molecule is CN(C1CCOC1)S(=O)(=O)CCCCN. The van der Waals surface area contributed by atoms with Crippen LogP contribution in [0.2, 0.25) is 0 Å². The maximum absolute atomic E-state index is 11.8. The van der Waals surface area contributed by atoms with Crippen molar-refractivity contribution in [2.24, 2.45) is 5.73 Å². The van der Waals surface area contributed by atoms with Gasteiger partial charge in [0, 0.05) is 13.7 Å². The highest BCUT2D eigenvalue weighted by Crippen LogP contribution is 2.15. The predicted molar refractivity (Wildman–Crippen MR) is 59.1 cm³/mol. The van der Waals surface area contributed by atoms with E-state index in [2.05, 4.69) is 0 Å². The summed E-state index contributed by atoms with van der Waals surface area (Å²) in [7, 11) is -1.48. The van der Waals surface area contributed by atoms with Gasteiger partial charge in [0.2, 0.25) is 10.0 Å². The zero-order valence-corrected chi connectivity index (χ0v) is 10.0. The van der Waals surface area contributed by atoms with Crippen LogP contribution >= 0.6 is 0 Å². The van der Waals surface area contributed by atoms with Gasteiger partial charge in [0.15, 0.2) is 0 Å². The molecule has 0 radical (unpaired) electrons. The van der Waals surface area contributed by atoms with Gasteiger partial charge in [-0.3, -0.25) is 0 Å². The Morgan fingerprint density at radius 2 is 2.20 bits per heavy atom. The molecule has 0 saturated carbocycles. The van der Waals surface area contributed by atoms with Gasteiger partial charge in [-0.05, 0) is 25.8 Å². The summed E-state index contributed by atoms with van der Waals surface area (Å²) < 4.78 is 30.3. The molecule has 0 aromatic carbocycles. The second-order valence-corrected chi connectivity index (χ2v) is 5.99. The van der Waals surface area contributed by atoms with Gasteiger partial charge in [0.1, 0.15) is 0 Å². The van der Waals surface area contributed by atoms with Crippen LogP contribution in [0.15, 0.2) is 0 Å². The average molecular weight is 236 g/mol. The van der Waals surface area contributed by atoms with Crippen molar-refractivity contribution < 1.29 is 13.2 Å². The van der Waals surface area contributed by atoms with Crippen LogP contribution in [0.25, 0.3) is 0 Å². The lowest BCUT2D eigenvalue weighted by molar-refractivity contribution is 0.181. The van der Waals surface area contributed by atoms with Crippen molar-refractivity contribution in [1.29, 1.82) is 0 Å². The van der Waals surface area contributed by atoms with Crippen molar-refractivity contribution in [3.05, 3.63) is 0 Å². The minimum absolute atomic E-state index is 0.0212. The summed E-state index contributed by atoms with van der Waals surface area (Å²) in [5, 5.41) is 0. The van der Waals surface area contributed by atoms with Crippen LogP contribution < -0.4 is 5.73 Å². The minimum Gasteiger partial charge on any atom is -0.380 e. The molecule has 0 aromatic heterocycles. The molecule has 0 spiro atoms. The molecule has 1 saturated heterocycles. The van der Waals surface area contributed by atoms with Crippen LogP contribution in [0.4, 0.5) is 0 Å². The fraction of sp³-hybridized carbons (Fsp3) is 1.00. The maximum atomic E-state index is 11.8. The molecule has 15 heavy (non-hydrogen) atoms. The van der Waals surface area contributed by atoms with E-state index in [1.807, 2.05) is 0 Å². The molecule has 0 amide bonds. The van der Waals surface area contributed by atoms with Crippen molar-refractivity contribution >= 4 is 10.0 Å². The summed E-state index contributed by atoms with van der Waals surface area (Å²) in [5.41, 5.74) is 5.33. The summed E-state index contributed by atoms with van der Waals surface area (Å²) in [6.45, 7) is 1.73. The molecule has 1 unspecified atom stereocenters. The third-order valence-corrected chi connectivity index (χ3v) is 4.70. The zero-order valence-electron chi connectivity index (χ0n) is 9.18. The van der Waals surface area contributed by atoms with E-state index in [1.165, 1.54) is 4.31 Å². The molecule has 0 bridgehead atoms. The van der Waals surface area contributed by atoms with E-state index in [1.54, 1.807) is 7.05 Å². The van der Waals surface area contributed by atoms with E-state index in [9.17, 15) is 8.42 Å². The van der Waals surface area contributed by atoms with Crippen molar-refractivity contribution in [3.8, 4) is 0 Å². The molecule has 1 heterocycles. The number of hydrogen-bond donors (Lipinski definition) is 1. The lowest BCUT2D eigenvalue weighted by Crippen LogP contribution is -2.38. The van der Waals surface area contributed by atoms with Crippen LogP contribution in [0, 0.1) is 0 Å². The van der Waals surface area contributed by atoms with Crippen molar-refractivity contribution in [2.75, 3.05) is 32.6 Å². The second kappa shape index (κ2) is 5.79. The average Bonchev–Trinajstić information content (AvgIpc) is 2.69. The smallest absolute Gasteiger partial charge is 0.214 e. The van der Waals surface area contributed by atoms with E-state index in [4.69, 9.17) is 10.5 Å². The first-order chi connectivity index (χ1) is 7.08. The molecule has 1 rings (SSSR count). The summed E-state index contributed by atoms with van der Waals surface area (Å²) in [6.07, 6.45) is 2.19. The largest absolute Gasteiger partial charge is 0.380 e. The number of nitrogens with zero attached hydrogens (tertiary/aromatic N) is 1. The molecule has 1 aliphatic heterocycles. The Balaban J connectivity index is 2.44. The van der Waals surface area contributed by atoms with Crippen molar-refractivity contribution in [1.82, 2.24) is 4.31 Å². The number of likely N-dealkylation sites (N-methyl/N-ethyl adjacent to an activating group) is 1. The number of sulfonamides is 1. The lowest BCUT2D eigenvalue weighted by Gasteiger charge is -2.22. The zero-order chi connectivity index (χ0) is 11.3. The Morgan fingerprint density at radius 1 is 1.47 bits per heavy atom. The molecule has 1 aliphatic rings. The first-order valence-corrected chi connectivity index (χ1v) is 6.92. The van der Waals surface area contributed by atoms with E-state index < -0.39 is 10.0 Å². The summed E-state index contributed by atoms with van der Waals surface area (Å²) in [4.78, 5) is 0. The molecule has 1 atom stereocenters. The Hall–Kier alpha value is -0.170. The van der Waals surface area contributed by atoms with Gasteiger partial charge in [-0.15, -0.1) is 0 Å². The first-order valence-electron chi connectivity index (χ1n) is 5.31. The normalized spacial score (nSPS) is 22.5. The summed E-state index contributed by atoms with van der Waals surface area (Å²) >= 11 is 0. The molecule has 90 valence electrons. The van der Waals surface area contributed by atoms with Gasteiger partial charge in [0.05, 0.1) is 18.4 Å². The summed E-state index contributed by atoms with van der Waals surface area (Å²) in [6, 6.07) is 0.0212. The fourth-order valence-corrected chi connectivity index (χ4v) is 3.09. The maximum Gasteiger partial charge on any atom is 0.214 e. The topological polar surface area (TPSA) is 72.6 Å². The van der Waals surface area contributed by atoms with Gasteiger partial charge >= 0.3 is 0 Å². The van der Waals surface area contributed by atoms with Gasteiger partial charge in [0.25, 0.3) is 0 Å². The Labute approximate surface area is 91.6 Å². The molecule has 1 fully saturated rings. The predicted octanol–water partition coefficient (Wildman–Crippen LogP) is -0.224. The highest BCUT2D eigenvalue weighted by molar-refractivity contribution is 7.89. The Bertz CT molecular complexity index is 273. The molecular weight excluding hydrogens is 216 g/mol. The first kappa shape index (κ1) is 12.9. The quantitative estimate of drug-likeness (QED) is 0.647. The number of unbranched alkanes of at least 4 members (excludes halogenated alkanes) is 1. The minimum atomic E-state index is -3.12. The van der Waals surface area contributed by atoms with E-state index in [0.29, 0.717) is 26.2 Å². The fourth-order valence-electron chi connectivity index (χ4n) is 1.61. The number of ether oxygens (including phenoxy) is 1. The van der Waals surface area contributed by atoms with Crippen molar-refractivity contribution in [3.63, 3.8) is 0 Å².